The van der Waals surface area contributed by atoms with Crippen molar-refractivity contribution in [2.75, 3.05) is 6.54 Å². The number of rotatable bonds is 3. The summed E-state index contributed by atoms with van der Waals surface area (Å²) in [5.41, 5.74) is 0.621. The highest BCUT2D eigenvalue weighted by atomic mass is 16.2. The Kier molecular flexibility index (Phi) is 4.89. The first-order valence-electron chi connectivity index (χ1n) is 7.97. The van der Waals surface area contributed by atoms with Gasteiger partial charge in [0.2, 0.25) is 11.8 Å². The number of nitrogens with one attached hydrogen (secondary N) is 1. The molecule has 2 atom stereocenters. The van der Waals surface area contributed by atoms with E-state index in [0.29, 0.717) is 6.54 Å². The molecule has 0 aliphatic carbocycles. The third-order valence-corrected chi connectivity index (χ3v) is 4.12. The molecule has 4 nitrogen and oxygen atoms in total. The number of carbonyl (C=O) groups is 2. The Labute approximate surface area is 132 Å². The molecule has 0 bridgehead atoms. The summed E-state index contributed by atoms with van der Waals surface area (Å²) < 4.78 is 0. The maximum atomic E-state index is 12.6. The van der Waals surface area contributed by atoms with Gasteiger partial charge in [0.25, 0.3) is 0 Å². The molecular weight excluding hydrogens is 276 g/mol. The maximum Gasteiger partial charge on any atom is 0.243 e. The van der Waals surface area contributed by atoms with Crippen LogP contribution in [0.4, 0.5) is 0 Å². The first kappa shape index (κ1) is 16.5. The van der Waals surface area contributed by atoms with E-state index in [9.17, 15) is 9.59 Å². The minimum Gasteiger partial charge on any atom is -0.348 e. The number of amides is 2. The third-order valence-electron chi connectivity index (χ3n) is 4.12. The fraction of sp³-hybridized carbons (Fsp3) is 0.556. The molecule has 2 rings (SSSR count). The van der Waals surface area contributed by atoms with Crippen molar-refractivity contribution in [1.29, 1.82) is 0 Å². The molecule has 22 heavy (non-hydrogen) atoms. The van der Waals surface area contributed by atoms with E-state index in [-0.39, 0.29) is 23.9 Å². The molecule has 120 valence electrons. The molecule has 2 amide bonds. The second-order valence-corrected chi connectivity index (χ2v) is 7.05. The summed E-state index contributed by atoms with van der Waals surface area (Å²) in [5, 5.41) is 3.04. The first-order valence-corrected chi connectivity index (χ1v) is 7.97. The molecular formula is C18H26N2O2. The van der Waals surface area contributed by atoms with Gasteiger partial charge in [-0.2, -0.15) is 0 Å². The van der Waals surface area contributed by atoms with Crippen LogP contribution in [0.3, 0.4) is 0 Å². The summed E-state index contributed by atoms with van der Waals surface area (Å²) in [5.74, 6) is 0.00367. The molecule has 1 heterocycles. The Morgan fingerprint density at radius 3 is 2.45 bits per heavy atom. The molecule has 1 aromatic carbocycles. The molecule has 1 fully saturated rings. The highest BCUT2D eigenvalue weighted by molar-refractivity contribution is 5.90. The van der Waals surface area contributed by atoms with Crippen LogP contribution in [0.25, 0.3) is 0 Å². The lowest BCUT2D eigenvalue weighted by atomic mass is 9.94. The minimum atomic E-state index is -0.450. The van der Waals surface area contributed by atoms with Crippen molar-refractivity contribution < 1.29 is 9.59 Å². The molecule has 0 aromatic heterocycles. The van der Waals surface area contributed by atoms with Gasteiger partial charge < -0.3 is 10.2 Å². The molecule has 1 aliphatic heterocycles. The zero-order valence-corrected chi connectivity index (χ0v) is 13.9. The van der Waals surface area contributed by atoms with E-state index in [2.05, 4.69) is 5.32 Å². The van der Waals surface area contributed by atoms with Crippen LogP contribution in [0, 0.1) is 5.41 Å². The number of carbonyl (C=O) groups excluding carboxylic acids is 2. The van der Waals surface area contributed by atoms with E-state index < -0.39 is 5.41 Å². The van der Waals surface area contributed by atoms with Gasteiger partial charge in [0.1, 0.15) is 6.04 Å². The largest absolute Gasteiger partial charge is 0.348 e. The SMILES string of the molecule is CC(NC(=O)C1CCCN1C(=O)C(C)(C)C)c1ccccc1. The molecule has 1 aromatic rings. The van der Waals surface area contributed by atoms with Crippen LogP contribution < -0.4 is 5.32 Å². The van der Waals surface area contributed by atoms with Crippen molar-refractivity contribution in [3.63, 3.8) is 0 Å². The summed E-state index contributed by atoms with van der Waals surface area (Å²) in [6, 6.07) is 9.49. The molecule has 1 N–H and O–H groups in total. The number of hydrogen-bond donors (Lipinski definition) is 1. The second-order valence-electron chi connectivity index (χ2n) is 7.05. The van der Waals surface area contributed by atoms with Crippen molar-refractivity contribution >= 4 is 11.8 Å². The van der Waals surface area contributed by atoms with Gasteiger partial charge in [-0.3, -0.25) is 9.59 Å². The van der Waals surface area contributed by atoms with Crippen LogP contribution in [-0.2, 0) is 9.59 Å². The van der Waals surface area contributed by atoms with E-state index >= 15 is 0 Å². The molecule has 0 radical (unpaired) electrons. The molecule has 4 heteroatoms. The summed E-state index contributed by atoms with van der Waals surface area (Å²) in [6.07, 6.45) is 1.63. The van der Waals surface area contributed by atoms with Gasteiger partial charge in [-0.05, 0) is 25.3 Å². The van der Waals surface area contributed by atoms with E-state index in [1.165, 1.54) is 0 Å². The van der Waals surface area contributed by atoms with Crippen molar-refractivity contribution in [2.24, 2.45) is 5.41 Å². The highest BCUT2D eigenvalue weighted by Crippen LogP contribution is 2.26. The summed E-state index contributed by atoms with van der Waals surface area (Å²) in [7, 11) is 0. The molecule has 1 saturated heterocycles. The van der Waals surface area contributed by atoms with Crippen LogP contribution >= 0.6 is 0 Å². The van der Waals surface area contributed by atoms with Gasteiger partial charge in [0.15, 0.2) is 0 Å². The minimum absolute atomic E-state index is 0.0496. The van der Waals surface area contributed by atoms with Gasteiger partial charge in [-0.15, -0.1) is 0 Å². The fourth-order valence-electron chi connectivity index (χ4n) is 2.85. The van der Waals surface area contributed by atoms with Crippen molar-refractivity contribution in [3.05, 3.63) is 35.9 Å². The molecule has 0 saturated carbocycles. The van der Waals surface area contributed by atoms with Crippen LogP contribution in [0.1, 0.15) is 52.1 Å². The maximum absolute atomic E-state index is 12.6. The van der Waals surface area contributed by atoms with E-state index in [1.54, 1.807) is 4.90 Å². The van der Waals surface area contributed by atoms with Gasteiger partial charge in [-0.1, -0.05) is 51.1 Å². The number of nitrogens with zero attached hydrogens (tertiary/aromatic N) is 1. The lowest BCUT2D eigenvalue weighted by Gasteiger charge is -2.31. The molecule has 0 spiro atoms. The van der Waals surface area contributed by atoms with Gasteiger partial charge in [-0.25, -0.2) is 0 Å². The van der Waals surface area contributed by atoms with Crippen LogP contribution in [0.15, 0.2) is 30.3 Å². The Morgan fingerprint density at radius 2 is 1.86 bits per heavy atom. The number of benzene rings is 1. The van der Waals surface area contributed by atoms with E-state index in [4.69, 9.17) is 0 Å². The quantitative estimate of drug-likeness (QED) is 0.933. The van der Waals surface area contributed by atoms with Gasteiger partial charge >= 0.3 is 0 Å². The normalized spacial score (nSPS) is 19.8. The topological polar surface area (TPSA) is 49.4 Å². The van der Waals surface area contributed by atoms with Crippen molar-refractivity contribution in [1.82, 2.24) is 10.2 Å². The fourth-order valence-corrected chi connectivity index (χ4v) is 2.85. The van der Waals surface area contributed by atoms with E-state index in [0.717, 1.165) is 18.4 Å². The van der Waals surface area contributed by atoms with Crippen molar-refractivity contribution in [2.45, 2.75) is 52.6 Å². The predicted molar refractivity (Wildman–Crippen MR) is 87.2 cm³/mol. The molecule has 2 unspecified atom stereocenters. The first-order chi connectivity index (χ1) is 10.3. The third kappa shape index (κ3) is 3.67. The average molecular weight is 302 g/mol. The Morgan fingerprint density at radius 1 is 1.23 bits per heavy atom. The lowest BCUT2D eigenvalue weighted by Crippen LogP contribution is -2.49. The van der Waals surface area contributed by atoms with Gasteiger partial charge in [0, 0.05) is 12.0 Å². The summed E-state index contributed by atoms with van der Waals surface area (Å²) in [6.45, 7) is 8.34. The summed E-state index contributed by atoms with van der Waals surface area (Å²) in [4.78, 5) is 26.8. The lowest BCUT2D eigenvalue weighted by molar-refractivity contribution is -0.144. The number of hydrogen-bond acceptors (Lipinski definition) is 2. The summed E-state index contributed by atoms with van der Waals surface area (Å²) >= 11 is 0. The van der Waals surface area contributed by atoms with Crippen molar-refractivity contribution in [3.8, 4) is 0 Å². The zero-order valence-electron chi connectivity index (χ0n) is 13.9. The van der Waals surface area contributed by atoms with Crippen LogP contribution in [-0.4, -0.2) is 29.3 Å². The Hall–Kier alpha value is -1.84. The predicted octanol–water partition coefficient (Wildman–Crippen LogP) is 2.90. The molecule has 1 aliphatic rings. The Bertz CT molecular complexity index is 534. The smallest absolute Gasteiger partial charge is 0.243 e. The Balaban J connectivity index is 2.04. The van der Waals surface area contributed by atoms with Crippen LogP contribution in [0.2, 0.25) is 0 Å². The standard InChI is InChI=1S/C18H26N2O2/c1-13(14-9-6-5-7-10-14)19-16(21)15-11-8-12-20(15)17(22)18(2,3)4/h5-7,9-10,13,15H,8,11-12H2,1-4H3,(H,19,21). The average Bonchev–Trinajstić information content (AvgIpc) is 2.95. The number of likely N-dealkylation sites (tertiary alicyclic amines) is 1. The van der Waals surface area contributed by atoms with Gasteiger partial charge in [0.05, 0.1) is 6.04 Å². The second kappa shape index (κ2) is 6.51. The monoisotopic (exact) mass is 302 g/mol. The van der Waals surface area contributed by atoms with Crippen LogP contribution in [0.5, 0.6) is 0 Å². The van der Waals surface area contributed by atoms with E-state index in [1.807, 2.05) is 58.0 Å². The zero-order chi connectivity index (χ0) is 16.3. The highest BCUT2D eigenvalue weighted by Gasteiger charge is 2.38.